The number of rotatable bonds is 6. The van der Waals surface area contributed by atoms with Crippen molar-refractivity contribution in [2.24, 2.45) is 11.7 Å². The van der Waals surface area contributed by atoms with Crippen LogP contribution in [0.15, 0.2) is 10.6 Å². The second kappa shape index (κ2) is 6.34. The average Bonchev–Trinajstić information content (AvgIpc) is 2.68. The molecule has 1 amide bonds. The van der Waals surface area contributed by atoms with Gasteiger partial charge in [-0.3, -0.25) is 4.79 Å². The zero-order chi connectivity index (χ0) is 12.8. The number of nitrogens with two attached hydrogens (primary N) is 1. The Hall–Kier alpha value is -1.43. The van der Waals surface area contributed by atoms with Crippen molar-refractivity contribution < 1.29 is 9.32 Å². The molecule has 1 rings (SSSR count). The van der Waals surface area contributed by atoms with Crippen molar-refractivity contribution in [3.63, 3.8) is 0 Å². The Morgan fingerprint density at radius 3 is 2.88 bits per heavy atom. The normalized spacial score (nSPS) is 12.1. The minimum atomic E-state index is -0.400. The average molecular weight is 255 g/mol. The Bertz CT molecular complexity index is 403. The molecule has 17 heavy (non-hydrogen) atoms. The third-order valence-corrected chi connectivity index (χ3v) is 2.64. The van der Waals surface area contributed by atoms with E-state index in [1.807, 2.05) is 6.92 Å². The summed E-state index contributed by atoms with van der Waals surface area (Å²) in [4.78, 5) is 12.1. The Kier molecular flexibility index (Phi) is 5.09. The molecule has 0 spiro atoms. The third-order valence-electron chi connectivity index (χ3n) is 2.36. The molecule has 0 saturated carbocycles. The first-order valence-electron chi connectivity index (χ1n) is 5.53. The van der Waals surface area contributed by atoms with Gasteiger partial charge < -0.3 is 15.6 Å². The maximum absolute atomic E-state index is 11.8. The van der Waals surface area contributed by atoms with Crippen LogP contribution >= 0.6 is 12.2 Å². The van der Waals surface area contributed by atoms with Gasteiger partial charge in [-0.1, -0.05) is 30.7 Å². The van der Waals surface area contributed by atoms with E-state index in [9.17, 15) is 4.79 Å². The van der Waals surface area contributed by atoms with Gasteiger partial charge in [-0.2, -0.15) is 0 Å². The van der Waals surface area contributed by atoms with Crippen LogP contribution in [0.3, 0.4) is 0 Å². The number of carbonyl (C=O) groups excluding carboxylic acids is 1. The minimum absolute atomic E-state index is 0.153. The highest BCUT2D eigenvalue weighted by atomic mass is 32.1. The summed E-state index contributed by atoms with van der Waals surface area (Å²) in [5.74, 6) is 0.164. The zero-order valence-corrected chi connectivity index (χ0v) is 10.8. The largest absolute Gasteiger partial charge is 0.393 e. The molecule has 0 fully saturated rings. The van der Waals surface area contributed by atoms with Crippen LogP contribution in [-0.4, -0.2) is 16.1 Å². The third kappa shape index (κ3) is 4.14. The standard InChI is InChI=1S/C11H17N3O2S/c1-3-4-9(10(12)17)11(15)13-6-8-5-7(2)16-14-8/h5,9H,3-4,6H2,1-2H3,(H2,12,17)(H,13,15). The van der Waals surface area contributed by atoms with E-state index in [1.54, 1.807) is 13.0 Å². The SMILES string of the molecule is CCCC(C(=O)NCc1cc(C)on1)C(N)=S. The number of nitrogens with zero attached hydrogens (tertiary/aromatic N) is 1. The lowest BCUT2D eigenvalue weighted by Crippen LogP contribution is -2.37. The fraction of sp³-hybridized carbons (Fsp3) is 0.545. The van der Waals surface area contributed by atoms with Crippen molar-refractivity contribution in [3.05, 3.63) is 17.5 Å². The van der Waals surface area contributed by atoms with Gasteiger partial charge in [-0.15, -0.1) is 0 Å². The molecule has 1 aromatic heterocycles. The van der Waals surface area contributed by atoms with Gasteiger partial charge in [0.25, 0.3) is 0 Å². The van der Waals surface area contributed by atoms with E-state index >= 15 is 0 Å². The topological polar surface area (TPSA) is 81.2 Å². The van der Waals surface area contributed by atoms with Crippen LogP contribution in [-0.2, 0) is 11.3 Å². The summed E-state index contributed by atoms with van der Waals surface area (Å²) in [5.41, 5.74) is 6.22. The molecule has 6 heteroatoms. The Morgan fingerprint density at radius 2 is 2.41 bits per heavy atom. The monoisotopic (exact) mass is 255 g/mol. The van der Waals surface area contributed by atoms with E-state index in [4.69, 9.17) is 22.5 Å². The van der Waals surface area contributed by atoms with Crippen molar-refractivity contribution in [2.75, 3.05) is 0 Å². The molecule has 1 heterocycles. The molecule has 0 aliphatic carbocycles. The second-order valence-corrected chi connectivity index (χ2v) is 4.36. The lowest BCUT2D eigenvalue weighted by molar-refractivity contribution is -0.123. The van der Waals surface area contributed by atoms with Crippen LogP contribution in [0.2, 0.25) is 0 Å². The zero-order valence-electron chi connectivity index (χ0n) is 10.0. The molecule has 0 radical (unpaired) electrons. The van der Waals surface area contributed by atoms with Crippen LogP contribution in [0, 0.1) is 12.8 Å². The van der Waals surface area contributed by atoms with Crippen molar-refractivity contribution in [1.29, 1.82) is 0 Å². The first-order valence-corrected chi connectivity index (χ1v) is 5.94. The number of hydrogen-bond donors (Lipinski definition) is 2. The molecular weight excluding hydrogens is 238 g/mol. The van der Waals surface area contributed by atoms with Crippen molar-refractivity contribution in [2.45, 2.75) is 33.2 Å². The summed E-state index contributed by atoms with van der Waals surface area (Å²) >= 11 is 4.88. The molecule has 5 nitrogen and oxygen atoms in total. The van der Waals surface area contributed by atoms with Crippen LogP contribution in [0.5, 0.6) is 0 Å². The fourth-order valence-corrected chi connectivity index (χ4v) is 1.72. The van der Waals surface area contributed by atoms with Gasteiger partial charge in [0.05, 0.1) is 17.5 Å². The van der Waals surface area contributed by atoms with Crippen LogP contribution < -0.4 is 11.1 Å². The summed E-state index contributed by atoms with van der Waals surface area (Å²) < 4.78 is 4.90. The Labute approximate surface area is 106 Å². The molecule has 1 unspecified atom stereocenters. The number of aromatic nitrogens is 1. The van der Waals surface area contributed by atoms with Gasteiger partial charge in [0.2, 0.25) is 5.91 Å². The molecule has 94 valence electrons. The molecule has 0 saturated heterocycles. The molecule has 0 bridgehead atoms. The highest BCUT2D eigenvalue weighted by Crippen LogP contribution is 2.08. The van der Waals surface area contributed by atoms with Gasteiger partial charge in [0, 0.05) is 6.07 Å². The smallest absolute Gasteiger partial charge is 0.230 e. The molecule has 1 atom stereocenters. The first kappa shape index (κ1) is 13.6. The Balaban J connectivity index is 2.50. The van der Waals surface area contributed by atoms with Crippen LogP contribution in [0.25, 0.3) is 0 Å². The summed E-state index contributed by atoms with van der Waals surface area (Å²) in [6.45, 7) is 4.12. The number of thiocarbonyl (C=S) groups is 1. The van der Waals surface area contributed by atoms with Gasteiger partial charge in [-0.25, -0.2) is 0 Å². The van der Waals surface area contributed by atoms with Gasteiger partial charge in [-0.05, 0) is 13.3 Å². The van der Waals surface area contributed by atoms with E-state index in [2.05, 4.69) is 10.5 Å². The van der Waals surface area contributed by atoms with E-state index < -0.39 is 5.92 Å². The maximum Gasteiger partial charge on any atom is 0.230 e. The summed E-state index contributed by atoms with van der Waals surface area (Å²) in [6, 6.07) is 1.77. The van der Waals surface area contributed by atoms with Gasteiger partial charge >= 0.3 is 0 Å². The molecule has 0 aromatic carbocycles. The van der Waals surface area contributed by atoms with Gasteiger partial charge in [0.15, 0.2) is 0 Å². The van der Waals surface area contributed by atoms with Gasteiger partial charge in [0.1, 0.15) is 11.5 Å². The number of amides is 1. The van der Waals surface area contributed by atoms with Crippen LogP contribution in [0.4, 0.5) is 0 Å². The second-order valence-electron chi connectivity index (χ2n) is 3.89. The number of carbonyl (C=O) groups is 1. The number of aryl methyl sites for hydroxylation is 1. The van der Waals surface area contributed by atoms with Crippen LogP contribution in [0.1, 0.15) is 31.2 Å². The highest BCUT2D eigenvalue weighted by molar-refractivity contribution is 7.80. The molecule has 0 aliphatic rings. The minimum Gasteiger partial charge on any atom is -0.393 e. The summed E-state index contributed by atoms with van der Waals surface area (Å²) in [6.07, 6.45) is 1.53. The molecular formula is C11H17N3O2S. The van der Waals surface area contributed by atoms with Crippen molar-refractivity contribution in [3.8, 4) is 0 Å². The summed E-state index contributed by atoms with van der Waals surface area (Å²) in [7, 11) is 0. The molecule has 3 N–H and O–H groups in total. The fourth-order valence-electron chi connectivity index (χ4n) is 1.49. The van der Waals surface area contributed by atoms with E-state index in [1.165, 1.54) is 0 Å². The molecule has 0 aliphatic heterocycles. The quantitative estimate of drug-likeness (QED) is 0.749. The van der Waals surface area contributed by atoms with E-state index in [0.717, 1.165) is 6.42 Å². The summed E-state index contributed by atoms with van der Waals surface area (Å²) in [5, 5.41) is 6.53. The predicted molar refractivity (Wildman–Crippen MR) is 68.3 cm³/mol. The maximum atomic E-state index is 11.8. The van der Waals surface area contributed by atoms with Crippen molar-refractivity contribution >= 4 is 23.1 Å². The lowest BCUT2D eigenvalue weighted by Gasteiger charge is -2.13. The Morgan fingerprint density at radius 1 is 1.71 bits per heavy atom. The highest BCUT2D eigenvalue weighted by Gasteiger charge is 2.20. The number of nitrogens with one attached hydrogen (secondary N) is 1. The van der Waals surface area contributed by atoms with E-state index in [-0.39, 0.29) is 10.9 Å². The van der Waals surface area contributed by atoms with Crippen molar-refractivity contribution in [1.82, 2.24) is 10.5 Å². The first-order chi connectivity index (χ1) is 8.04. The van der Waals surface area contributed by atoms with E-state index in [0.29, 0.717) is 24.4 Å². The molecule has 1 aromatic rings. The predicted octanol–water partition coefficient (Wildman–Crippen LogP) is 1.30. The number of hydrogen-bond acceptors (Lipinski definition) is 4. The lowest BCUT2D eigenvalue weighted by atomic mass is 10.0.